The standard InChI is InChI=1S/C23H23NO4S/c1-2-17-11-14-21(15-12-17)29(27,28)24-20-8-5-6-18(16-20)10-13-19-7-3-4-9-22(19)23(25)26/h3-9,11-12,14-16,24H,2,10,13H2,1H3,(H,25,26). The minimum absolute atomic E-state index is 0.218. The number of carboxylic acid groups (broad SMARTS) is 1. The second-order valence-corrected chi connectivity index (χ2v) is 8.45. The van der Waals surface area contributed by atoms with Crippen LogP contribution in [0.15, 0.2) is 77.7 Å². The summed E-state index contributed by atoms with van der Waals surface area (Å²) in [6, 6.07) is 20.9. The maximum Gasteiger partial charge on any atom is 0.335 e. The van der Waals surface area contributed by atoms with Crippen LogP contribution in [0, 0.1) is 0 Å². The van der Waals surface area contributed by atoms with Gasteiger partial charge in [0.25, 0.3) is 10.0 Å². The third-order valence-electron chi connectivity index (χ3n) is 4.75. The summed E-state index contributed by atoms with van der Waals surface area (Å²) < 4.78 is 27.9. The highest BCUT2D eigenvalue weighted by molar-refractivity contribution is 7.92. The topological polar surface area (TPSA) is 83.5 Å². The number of carbonyl (C=O) groups is 1. The van der Waals surface area contributed by atoms with Crippen molar-refractivity contribution in [3.8, 4) is 0 Å². The molecule has 0 saturated heterocycles. The first-order valence-electron chi connectivity index (χ1n) is 9.41. The lowest BCUT2D eigenvalue weighted by Gasteiger charge is -2.11. The first-order valence-corrected chi connectivity index (χ1v) is 10.9. The predicted octanol–water partition coefficient (Wildman–Crippen LogP) is 4.53. The molecule has 0 atom stereocenters. The molecule has 6 heteroatoms. The summed E-state index contributed by atoms with van der Waals surface area (Å²) in [5.41, 5.74) is 3.52. The minimum atomic E-state index is -3.67. The van der Waals surface area contributed by atoms with Crippen molar-refractivity contribution in [2.45, 2.75) is 31.1 Å². The van der Waals surface area contributed by atoms with Gasteiger partial charge < -0.3 is 5.11 Å². The molecule has 0 heterocycles. The van der Waals surface area contributed by atoms with E-state index < -0.39 is 16.0 Å². The van der Waals surface area contributed by atoms with Gasteiger partial charge in [-0.2, -0.15) is 0 Å². The molecule has 0 saturated carbocycles. The molecule has 3 rings (SSSR count). The minimum Gasteiger partial charge on any atom is -0.478 e. The average molecular weight is 410 g/mol. The maximum atomic E-state index is 12.6. The summed E-state index contributed by atoms with van der Waals surface area (Å²) in [5, 5.41) is 9.30. The molecule has 0 amide bonds. The van der Waals surface area contributed by atoms with Crippen LogP contribution in [0.2, 0.25) is 0 Å². The normalized spacial score (nSPS) is 11.2. The number of hydrogen-bond donors (Lipinski definition) is 2. The summed E-state index contributed by atoms with van der Waals surface area (Å²) in [4.78, 5) is 11.6. The van der Waals surface area contributed by atoms with Crippen LogP contribution >= 0.6 is 0 Å². The molecule has 0 fully saturated rings. The molecule has 0 aliphatic carbocycles. The van der Waals surface area contributed by atoms with E-state index in [9.17, 15) is 18.3 Å². The van der Waals surface area contributed by atoms with Crippen molar-refractivity contribution in [1.82, 2.24) is 0 Å². The molecule has 0 aliphatic rings. The number of anilines is 1. The zero-order valence-electron chi connectivity index (χ0n) is 16.1. The fourth-order valence-electron chi connectivity index (χ4n) is 3.13. The van der Waals surface area contributed by atoms with Crippen molar-refractivity contribution in [1.29, 1.82) is 0 Å². The van der Waals surface area contributed by atoms with Crippen LogP contribution in [0.25, 0.3) is 0 Å². The van der Waals surface area contributed by atoms with E-state index in [0.717, 1.165) is 23.1 Å². The number of sulfonamides is 1. The van der Waals surface area contributed by atoms with Crippen molar-refractivity contribution in [3.05, 3.63) is 95.1 Å². The molecule has 0 bridgehead atoms. The van der Waals surface area contributed by atoms with Gasteiger partial charge in [0.1, 0.15) is 0 Å². The number of benzene rings is 3. The number of aromatic carboxylic acids is 1. The van der Waals surface area contributed by atoms with Gasteiger partial charge in [-0.3, -0.25) is 4.72 Å². The van der Waals surface area contributed by atoms with Crippen molar-refractivity contribution in [3.63, 3.8) is 0 Å². The van der Waals surface area contributed by atoms with Gasteiger partial charge in [0, 0.05) is 5.69 Å². The second kappa shape index (κ2) is 8.92. The van der Waals surface area contributed by atoms with Crippen LogP contribution in [0.1, 0.15) is 34.0 Å². The van der Waals surface area contributed by atoms with Gasteiger partial charge >= 0.3 is 5.97 Å². The highest BCUT2D eigenvalue weighted by Crippen LogP contribution is 2.20. The van der Waals surface area contributed by atoms with Gasteiger partial charge in [-0.1, -0.05) is 49.4 Å². The van der Waals surface area contributed by atoms with Gasteiger partial charge in [0.05, 0.1) is 10.5 Å². The summed E-state index contributed by atoms with van der Waals surface area (Å²) in [5.74, 6) is -0.948. The average Bonchev–Trinajstić information content (AvgIpc) is 2.72. The van der Waals surface area contributed by atoms with Crippen molar-refractivity contribution in [2.24, 2.45) is 0 Å². The van der Waals surface area contributed by atoms with Gasteiger partial charge in [0.15, 0.2) is 0 Å². The van der Waals surface area contributed by atoms with E-state index in [1.165, 1.54) is 0 Å². The van der Waals surface area contributed by atoms with Gasteiger partial charge in [0.2, 0.25) is 0 Å². The first-order chi connectivity index (χ1) is 13.9. The molecule has 150 valence electrons. The Morgan fingerprint density at radius 3 is 2.31 bits per heavy atom. The highest BCUT2D eigenvalue weighted by atomic mass is 32.2. The van der Waals surface area contributed by atoms with E-state index in [-0.39, 0.29) is 4.90 Å². The Hall–Kier alpha value is -3.12. The van der Waals surface area contributed by atoms with Crippen LogP contribution in [0.4, 0.5) is 5.69 Å². The summed E-state index contributed by atoms with van der Waals surface area (Å²) in [7, 11) is -3.67. The van der Waals surface area contributed by atoms with Crippen LogP contribution in [0.3, 0.4) is 0 Å². The van der Waals surface area contributed by atoms with Crippen LogP contribution in [0.5, 0.6) is 0 Å². The smallest absolute Gasteiger partial charge is 0.335 e. The van der Waals surface area contributed by atoms with Crippen molar-refractivity contribution in [2.75, 3.05) is 4.72 Å². The first kappa shape index (κ1) is 20.6. The van der Waals surface area contributed by atoms with E-state index in [1.807, 2.05) is 31.2 Å². The molecule has 0 aromatic heterocycles. The van der Waals surface area contributed by atoms with Crippen LogP contribution in [-0.2, 0) is 29.3 Å². The van der Waals surface area contributed by atoms with Gasteiger partial charge in [-0.15, -0.1) is 0 Å². The molecule has 29 heavy (non-hydrogen) atoms. The molecule has 5 nitrogen and oxygen atoms in total. The van der Waals surface area contributed by atoms with Crippen molar-refractivity contribution >= 4 is 21.7 Å². The predicted molar refractivity (Wildman–Crippen MR) is 114 cm³/mol. The Bertz CT molecular complexity index is 1110. The third-order valence-corrected chi connectivity index (χ3v) is 6.15. The van der Waals surface area contributed by atoms with E-state index in [4.69, 9.17) is 0 Å². The maximum absolute atomic E-state index is 12.6. The summed E-state index contributed by atoms with van der Waals surface area (Å²) >= 11 is 0. The summed E-state index contributed by atoms with van der Waals surface area (Å²) in [6.07, 6.45) is 2.00. The summed E-state index contributed by atoms with van der Waals surface area (Å²) in [6.45, 7) is 2.02. The Morgan fingerprint density at radius 1 is 0.897 bits per heavy atom. The quantitative estimate of drug-likeness (QED) is 0.572. The number of hydrogen-bond acceptors (Lipinski definition) is 3. The Labute approximate surface area is 171 Å². The third kappa shape index (κ3) is 5.23. The molecule has 0 unspecified atom stereocenters. The van der Waals surface area contributed by atoms with E-state index in [0.29, 0.717) is 24.1 Å². The Balaban J connectivity index is 1.73. The van der Waals surface area contributed by atoms with E-state index >= 15 is 0 Å². The van der Waals surface area contributed by atoms with Crippen molar-refractivity contribution < 1.29 is 18.3 Å². The van der Waals surface area contributed by atoms with Gasteiger partial charge in [-0.25, -0.2) is 13.2 Å². The second-order valence-electron chi connectivity index (χ2n) is 6.77. The number of rotatable bonds is 8. The highest BCUT2D eigenvalue weighted by Gasteiger charge is 2.14. The lowest BCUT2D eigenvalue weighted by atomic mass is 10.00. The van der Waals surface area contributed by atoms with E-state index in [2.05, 4.69) is 4.72 Å². The molecule has 3 aromatic rings. The molecule has 0 spiro atoms. The Morgan fingerprint density at radius 2 is 1.62 bits per heavy atom. The number of nitrogens with one attached hydrogen (secondary N) is 1. The molecular weight excluding hydrogens is 386 g/mol. The number of aryl methyl sites for hydroxylation is 3. The SMILES string of the molecule is CCc1ccc(S(=O)(=O)Nc2cccc(CCc3ccccc3C(=O)O)c2)cc1. The van der Waals surface area contributed by atoms with Gasteiger partial charge in [-0.05, 0) is 66.3 Å². The fraction of sp³-hybridized carbons (Fsp3) is 0.174. The molecule has 3 aromatic carbocycles. The lowest BCUT2D eigenvalue weighted by molar-refractivity contribution is 0.0695. The Kier molecular flexibility index (Phi) is 6.34. The lowest BCUT2D eigenvalue weighted by Crippen LogP contribution is -2.13. The molecule has 0 radical (unpaired) electrons. The zero-order valence-corrected chi connectivity index (χ0v) is 16.9. The van der Waals surface area contributed by atoms with E-state index in [1.54, 1.807) is 48.5 Å². The zero-order chi connectivity index (χ0) is 20.9. The largest absolute Gasteiger partial charge is 0.478 e. The fourth-order valence-corrected chi connectivity index (χ4v) is 4.18. The van der Waals surface area contributed by atoms with Crippen LogP contribution < -0.4 is 4.72 Å². The molecule has 0 aliphatic heterocycles. The monoisotopic (exact) mass is 409 g/mol. The number of carboxylic acids is 1. The molecule has 2 N–H and O–H groups in total. The molecular formula is C23H23NO4S. The van der Waals surface area contributed by atoms with Crippen LogP contribution in [-0.4, -0.2) is 19.5 Å².